The molecule has 0 amide bonds. The summed E-state index contributed by atoms with van der Waals surface area (Å²) in [6.45, 7) is 2.12. The van der Waals surface area contributed by atoms with Crippen molar-refractivity contribution < 1.29 is 8.42 Å². The lowest BCUT2D eigenvalue weighted by Gasteiger charge is -1.99. The lowest BCUT2D eigenvalue weighted by molar-refractivity contribution is 0.598. The number of hydrogen-bond donors (Lipinski definition) is 1. The predicted molar refractivity (Wildman–Crippen MR) is 45.9 cm³/mol. The van der Waals surface area contributed by atoms with Gasteiger partial charge in [0.05, 0.1) is 17.2 Å². The summed E-state index contributed by atoms with van der Waals surface area (Å²) in [5, 5.41) is 0. The highest BCUT2D eigenvalue weighted by atomic mass is 32.2. The lowest BCUT2D eigenvalue weighted by Crippen LogP contribution is -2.10. The molecule has 1 aromatic carbocycles. The molecule has 0 heterocycles. The summed E-state index contributed by atoms with van der Waals surface area (Å²) in [5.41, 5.74) is 4.92. The van der Waals surface area contributed by atoms with Gasteiger partial charge in [0.1, 0.15) is 0 Å². The number of sulfone groups is 1. The molecule has 0 atom stereocenters. The van der Waals surface area contributed by atoms with Gasteiger partial charge in [-0.3, -0.25) is 0 Å². The fraction of sp³-hybridized carbons (Fsp3) is 0.125. The van der Waals surface area contributed by atoms with E-state index >= 15 is 0 Å². The maximum absolute atomic E-state index is 11.3. The van der Waals surface area contributed by atoms with Gasteiger partial charge in [-0.1, -0.05) is 18.2 Å². The Kier molecular flexibility index (Phi) is 2.83. The smallest absolute Gasteiger partial charge is 0.180 e. The minimum absolute atomic E-state index is 0.239. The van der Waals surface area contributed by atoms with Gasteiger partial charge >= 0.3 is 0 Å². The van der Waals surface area contributed by atoms with Crippen LogP contribution < -0.4 is 5.73 Å². The normalized spacial score (nSPS) is 11.4. The Balaban J connectivity index is 2.99. The molecule has 0 unspecified atom stereocenters. The first kappa shape index (κ1) is 9.22. The molecule has 0 spiro atoms. The van der Waals surface area contributed by atoms with Crippen molar-refractivity contribution in [2.45, 2.75) is 4.90 Å². The molecular weight excluding hydrogens is 174 g/mol. The Bertz CT molecular complexity index is 331. The average Bonchev–Trinajstić information content (AvgIpc) is 2.06. The van der Waals surface area contributed by atoms with Crippen LogP contribution in [0.3, 0.4) is 0 Å². The van der Waals surface area contributed by atoms with E-state index in [0.717, 1.165) is 0 Å². The van der Waals surface area contributed by atoms with Crippen LogP contribution in [0.5, 0.6) is 0 Å². The van der Waals surface area contributed by atoms with E-state index < -0.39 is 9.84 Å². The van der Waals surface area contributed by atoms with E-state index in [-0.39, 0.29) is 10.6 Å². The third-order valence-corrected chi connectivity index (χ3v) is 2.91. The molecule has 0 aliphatic carbocycles. The van der Waals surface area contributed by atoms with E-state index in [0.29, 0.717) is 0 Å². The number of hydrogen-bond acceptors (Lipinski definition) is 3. The van der Waals surface area contributed by atoms with Crippen LogP contribution in [0.15, 0.2) is 35.2 Å². The molecule has 64 valence electrons. The first-order chi connectivity index (χ1) is 5.67. The zero-order chi connectivity index (χ0) is 9.03. The second kappa shape index (κ2) is 3.69. The predicted octanol–water partition coefficient (Wildman–Crippen LogP) is 0.458. The molecule has 1 rings (SSSR count). The van der Waals surface area contributed by atoms with Crippen LogP contribution in [0.1, 0.15) is 0 Å². The molecule has 0 fully saturated rings. The van der Waals surface area contributed by atoms with Crippen LogP contribution in [-0.4, -0.2) is 14.2 Å². The molecule has 0 aliphatic heterocycles. The van der Waals surface area contributed by atoms with Gasteiger partial charge in [-0.15, -0.1) is 0 Å². The molecule has 0 aromatic heterocycles. The zero-order valence-electron chi connectivity index (χ0n) is 6.40. The van der Waals surface area contributed by atoms with Crippen LogP contribution in [0, 0.1) is 6.54 Å². The minimum Gasteiger partial charge on any atom is -0.321 e. The topological polar surface area (TPSA) is 60.2 Å². The minimum atomic E-state index is -3.25. The summed E-state index contributed by atoms with van der Waals surface area (Å²) in [4.78, 5) is 0.281. The van der Waals surface area contributed by atoms with Crippen LogP contribution in [0.4, 0.5) is 0 Å². The van der Waals surface area contributed by atoms with Crippen molar-refractivity contribution in [1.82, 2.24) is 0 Å². The standard InChI is InChI=1S/C8H9NO2S/c9-6-7-12(10,11)8-4-2-1-3-5-8/h1-5H,7,9H2. The molecule has 0 aliphatic rings. The lowest BCUT2D eigenvalue weighted by atomic mass is 10.4. The average molecular weight is 183 g/mol. The maximum atomic E-state index is 11.3. The first-order valence-electron chi connectivity index (χ1n) is 3.38. The third kappa shape index (κ3) is 2.06. The second-order valence-corrected chi connectivity index (χ2v) is 4.27. The molecule has 2 N–H and O–H groups in total. The van der Waals surface area contributed by atoms with Crippen molar-refractivity contribution in [3.63, 3.8) is 0 Å². The largest absolute Gasteiger partial charge is 0.321 e. The summed E-state index contributed by atoms with van der Waals surface area (Å²) in [6.07, 6.45) is 0. The molecule has 0 saturated heterocycles. The van der Waals surface area contributed by atoms with E-state index in [2.05, 4.69) is 6.54 Å². The molecule has 0 saturated carbocycles. The highest BCUT2D eigenvalue weighted by Crippen LogP contribution is 2.09. The highest BCUT2D eigenvalue weighted by Gasteiger charge is 2.11. The zero-order valence-corrected chi connectivity index (χ0v) is 7.21. The summed E-state index contributed by atoms with van der Waals surface area (Å²) < 4.78 is 22.6. The summed E-state index contributed by atoms with van der Waals surface area (Å²) >= 11 is 0. The Morgan fingerprint density at radius 1 is 1.25 bits per heavy atom. The quantitative estimate of drug-likeness (QED) is 0.692. The van der Waals surface area contributed by atoms with Gasteiger partial charge in [-0.05, 0) is 12.1 Å². The van der Waals surface area contributed by atoms with Crippen LogP contribution in [0.2, 0.25) is 0 Å². The van der Waals surface area contributed by atoms with E-state index in [1.807, 2.05) is 0 Å². The molecule has 2 radical (unpaired) electrons. The monoisotopic (exact) mass is 183 g/mol. The molecular formula is C8H9NO2S. The van der Waals surface area contributed by atoms with Gasteiger partial charge in [-0.25, -0.2) is 8.42 Å². The maximum Gasteiger partial charge on any atom is 0.180 e. The Morgan fingerprint density at radius 3 is 2.33 bits per heavy atom. The molecule has 0 bridgehead atoms. The van der Waals surface area contributed by atoms with Crippen molar-refractivity contribution in [3.8, 4) is 0 Å². The van der Waals surface area contributed by atoms with E-state index in [9.17, 15) is 8.42 Å². The van der Waals surface area contributed by atoms with Crippen molar-refractivity contribution in [2.24, 2.45) is 5.73 Å². The fourth-order valence-electron chi connectivity index (χ4n) is 0.821. The van der Waals surface area contributed by atoms with Gasteiger partial charge in [0.25, 0.3) is 0 Å². The van der Waals surface area contributed by atoms with Crippen LogP contribution in [0.25, 0.3) is 0 Å². The SMILES string of the molecule is N[C]CS(=O)(=O)c1ccccc1. The van der Waals surface area contributed by atoms with Crippen molar-refractivity contribution in [2.75, 3.05) is 5.75 Å². The molecule has 3 nitrogen and oxygen atoms in total. The van der Waals surface area contributed by atoms with E-state index in [1.165, 1.54) is 12.1 Å². The molecule has 1 aromatic rings. The Hall–Kier alpha value is -0.870. The van der Waals surface area contributed by atoms with Gasteiger partial charge in [0, 0.05) is 0 Å². The Morgan fingerprint density at radius 2 is 1.83 bits per heavy atom. The number of benzene rings is 1. The molecule has 4 heteroatoms. The van der Waals surface area contributed by atoms with Gasteiger partial charge in [-0.2, -0.15) is 0 Å². The van der Waals surface area contributed by atoms with Crippen LogP contribution >= 0.6 is 0 Å². The van der Waals surface area contributed by atoms with Crippen molar-refractivity contribution in [1.29, 1.82) is 0 Å². The van der Waals surface area contributed by atoms with Gasteiger partial charge in [0.15, 0.2) is 9.84 Å². The fourth-order valence-corrected chi connectivity index (χ4v) is 1.78. The van der Waals surface area contributed by atoms with Crippen molar-refractivity contribution in [3.05, 3.63) is 36.9 Å². The second-order valence-electron chi connectivity index (χ2n) is 2.28. The van der Waals surface area contributed by atoms with Gasteiger partial charge in [0.2, 0.25) is 0 Å². The number of rotatable bonds is 3. The summed E-state index contributed by atoms with van der Waals surface area (Å²) in [6, 6.07) is 8.17. The summed E-state index contributed by atoms with van der Waals surface area (Å²) in [7, 11) is -3.25. The van der Waals surface area contributed by atoms with Crippen LogP contribution in [-0.2, 0) is 9.84 Å². The Labute approximate surface area is 72.1 Å². The third-order valence-electron chi connectivity index (χ3n) is 1.38. The van der Waals surface area contributed by atoms with E-state index in [4.69, 9.17) is 5.73 Å². The highest BCUT2D eigenvalue weighted by molar-refractivity contribution is 7.91. The summed E-state index contributed by atoms with van der Waals surface area (Å²) in [5.74, 6) is -0.239. The number of nitrogens with two attached hydrogens (primary N) is 1. The van der Waals surface area contributed by atoms with Crippen molar-refractivity contribution >= 4 is 9.84 Å². The van der Waals surface area contributed by atoms with E-state index in [1.54, 1.807) is 18.2 Å². The van der Waals surface area contributed by atoms with Gasteiger partial charge < -0.3 is 5.73 Å². The molecule has 12 heavy (non-hydrogen) atoms. The first-order valence-corrected chi connectivity index (χ1v) is 5.03.